The number of nitrogens with one attached hydrogen (secondary N) is 1. The van der Waals surface area contributed by atoms with Gasteiger partial charge in [-0.3, -0.25) is 14.6 Å². The standard InChI is InChI=1S/C28H35N5O2/c1-5-7-19(6-2)31-22-15-20(8-9-21(22)27(29)35)33-24-16-28(3,4)17-25(34)26(24)23(32-33)14-18-10-12-30-13-11-18/h8-13,15,19,31H,5-7,14,16-17H2,1-4H3,(H2,29,35). The molecule has 3 N–H and O–H groups in total. The first kappa shape index (κ1) is 24.6. The molecule has 4 rings (SSSR count). The lowest BCUT2D eigenvalue weighted by molar-refractivity contribution is 0.0909. The number of aromatic nitrogens is 3. The molecule has 0 bridgehead atoms. The van der Waals surface area contributed by atoms with Crippen LogP contribution in [0.1, 0.15) is 91.0 Å². The molecule has 7 nitrogen and oxygen atoms in total. The number of rotatable bonds is 9. The molecule has 1 amide bonds. The minimum absolute atomic E-state index is 0.132. The van der Waals surface area contributed by atoms with Crippen LogP contribution in [0.3, 0.4) is 0 Å². The minimum atomic E-state index is -0.470. The third-order valence-electron chi connectivity index (χ3n) is 6.74. The number of pyridine rings is 1. The maximum atomic E-state index is 13.3. The molecule has 0 fully saturated rings. The van der Waals surface area contributed by atoms with Gasteiger partial charge in [0.05, 0.1) is 28.2 Å². The average molecular weight is 474 g/mol. The van der Waals surface area contributed by atoms with Gasteiger partial charge < -0.3 is 11.1 Å². The van der Waals surface area contributed by atoms with Crippen LogP contribution in [-0.2, 0) is 12.8 Å². The molecule has 2 heterocycles. The number of primary amides is 1. The molecule has 0 saturated heterocycles. The number of nitrogens with two attached hydrogens (primary N) is 1. The van der Waals surface area contributed by atoms with Gasteiger partial charge in [0.2, 0.25) is 0 Å². The number of Topliss-reactive ketones (excluding diaryl/α,β-unsaturated/α-hetero) is 1. The van der Waals surface area contributed by atoms with E-state index in [0.29, 0.717) is 24.1 Å². The summed E-state index contributed by atoms with van der Waals surface area (Å²) in [6.45, 7) is 8.51. The Balaban J connectivity index is 1.83. The summed E-state index contributed by atoms with van der Waals surface area (Å²) in [7, 11) is 0. The van der Waals surface area contributed by atoms with Gasteiger partial charge in [0.25, 0.3) is 5.91 Å². The molecule has 0 aliphatic heterocycles. The van der Waals surface area contributed by atoms with Crippen LogP contribution < -0.4 is 11.1 Å². The molecule has 2 aromatic heterocycles. The highest BCUT2D eigenvalue weighted by Gasteiger charge is 2.36. The zero-order valence-electron chi connectivity index (χ0n) is 21.1. The molecule has 7 heteroatoms. The van der Waals surface area contributed by atoms with E-state index in [1.807, 2.05) is 28.9 Å². The fourth-order valence-corrected chi connectivity index (χ4v) is 5.00. The average Bonchev–Trinajstić information content (AvgIpc) is 3.16. The number of hydrogen-bond donors (Lipinski definition) is 2. The Morgan fingerprint density at radius 1 is 1.17 bits per heavy atom. The van der Waals surface area contributed by atoms with Crippen LogP contribution in [0.15, 0.2) is 42.7 Å². The van der Waals surface area contributed by atoms with Crippen LogP contribution in [0.2, 0.25) is 0 Å². The number of nitrogens with zero attached hydrogens (tertiary/aromatic N) is 3. The number of amides is 1. The molecule has 1 aliphatic rings. The molecule has 3 aromatic rings. The van der Waals surface area contributed by atoms with Gasteiger partial charge in [-0.1, -0.05) is 34.1 Å². The molecule has 1 aliphatic carbocycles. The van der Waals surface area contributed by atoms with Crippen LogP contribution in [0.5, 0.6) is 0 Å². The van der Waals surface area contributed by atoms with Gasteiger partial charge in [-0.2, -0.15) is 5.10 Å². The van der Waals surface area contributed by atoms with E-state index in [0.717, 1.165) is 53.9 Å². The number of hydrogen-bond acceptors (Lipinski definition) is 5. The number of carbonyl (C=O) groups is 2. The topological polar surface area (TPSA) is 103 Å². The van der Waals surface area contributed by atoms with E-state index in [1.165, 1.54) is 0 Å². The third kappa shape index (κ3) is 5.29. The van der Waals surface area contributed by atoms with Crippen molar-refractivity contribution in [2.75, 3.05) is 5.32 Å². The molecule has 1 atom stereocenters. The zero-order valence-corrected chi connectivity index (χ0v) is 21.1. The minimum Gasteiger partial charge on any atom is -0.382 e. The number of ketones is 1. The lowest BCUT2D eigenvalue weighted by atomic mass is 9.75. The Kier molecular flexibility index (Phi) is 7.05. The second-order valence-corrected chi connectivity index (χ2v) is 10.3. The molecule has 35 heavy (non-hydrogen) atoms. The SMILES string of the molecule is CCCC(CC)Nc1cc(-n2nc(Cc3ccncc3)c3c2CC(C)(C)CC3=O)ccc1C(N)=O. The smallest absolute Gasteiger partial charge is 0.250 e. The lowest BCUT2D eigenvalue weighted by Gasteiger charge is -2.29. The fourth-order valence-electron chi connectivity index (χ4n) is 5.00. The predicted octanol–water partition coefficient (Wildman–Crippen LogP) is 5.10. The molecule has 1 aromatic carbocycles. The van der Waals surface area contributed by atoms with Crippen LogP contribution in [0.4, 0.5) is 5.69 Å². The number of anilines is 1. The summed E-state index contributed by atoms with van der Waals surface area (Å²) in [5, 5.41) is 8.48. The van der Waals surface area contributed by atoms with Gasteiger partial charge in [0.1, 0.15) is 0 Å². The Bertz CT molecular complexity index is 1230. The van der Waals surface area contributed by atoms with Gasteiger partial charge >= 0.3 is 0 Å². The predicted molar refractivity (Wildman–Crippen MR) is 138 cm³/mol. The first-order chi connectivity index (χ1) is 16.7. The van der Waals surface area contributed by atoms with Crippen molar-refractivity contribution in [3.05, 3.63) is 70.8 Å². The number of carbonyl (C=O) groups excluding carboxylic acids is 2. The van der Waals surface area contributed by atoms with Crippen LogP contribution in [-0.4, -0.2) is 32.5 Å². The van der Waals surface area contributed by atoms with Crippen molar-refractivity contribution in [1.82, 2.24) is 14.8 Å². The van der Waals surface area contributed by atoms with Gasteiger partial charge in [0, 0.05) is 37.0 Å². The first-order valence-corrected chi connectivity index (χ1v) is 12.5. The van der Waals surface area contributed by atoms with Gasteiger partial charge in [0.15, 0.2) is 5.78 Å². The fraction of sp³-hybridized carbons (Fsp3) is 0.429. The second kappa shape index (κ2) is 10.0. The van der Waals surface area contributed by atoms with Gasteiger partial charge in [-0.05, 0) is 60.6 Å². The summed E-state index contributed by atoms with van der Waals surface area (Å²) in [4.78, 5) is 29.6. The highest BCUT2D eigenvalue weighted by molar-refractivity contribution is 6.00. The maximum Gasteiger partial charge on any atom is 0.250 e. The summed E-state index contributed by atoms with van der Waals surface area (Å²) in [6.07, 6.45) is 8.28. The number of fused-ring (bicyclic) bond motifs is 1. The van der Waals surface area contributed by atoms with E-state index >= 15 is 0 Å². The number of benzene rings is 1. The molecule has 1 unspecified atom stereocenters. The van der Waals surface area contributed by atoms with Gasteiger partial charge in [-0.15, -0.1) is 0 Å². The van der Waals surface area contributed by atoms with Crippen molar-refractivity contribution in [2.24, 2.45) is 11.1 Å². The van der Waals surface area contributed by atoms with Crippen molar-refractivity contribution in [2.45, 2.75) is 72.3 Å². The van der Waals surface area contributed by atoms with Crippen LogP contribution in [0, 0.1) is 5.41 Å². The summed E-state index contributed by atoms with van der Waals surface area (Å²) < 4.78 is 1.89. The molecule has 0 saturated carbocycles. The van der Waals surface area contributed by atoms with Crippen molar-refractivity contribution < 1.29 is 9.59 Å². The van der Waals surface area contributed by atoms with Crippen molar-refractivity contribution in [3.63, 3.8) is 0 Å². The second-order valence-electron chi connectivity index (χ2n) is 10.3. The maximum absolute atomic E-state index is 13.3. The van der Waals surface area contributed by atoms with Crippen molar-refractivity contribution in [3.8, 4) is 5.69 Å². The lowest BCUT2D eigenvalue weighted by Crippen LogP contribution is -2.28. The van der Waals surface area contributed by atoms with Crippen molar-refractivity contribution in [1.29, 1.82) is 0 Å². The van der Waals surface area contributed by atoms with Crippen LogP contribution >= 0.6 is 0 Å². The van der Waals surface area contributed by atoms with E-state index in [-0.39, 0.29) is 17.2 Å². The highest BCUT2D eigenvalue weighted by atomic mass is 16.1. The summed E-state index contributed by atoms with van der Waals surface area (Å²) in [5.74, 6) is -0.338. The van der Waals surface area contributed by atoms with E-state index < -0.39 is 5.91 Å². The highest BCUT2D eigenvalue weighted by Crippen LogP contribution is 2.38. The van der Waals surface area contributed by atoms with Gasteiger partial charge in [-0.25, -0.2) is 4.68 Å². The molecule has 0 radical (unpaired) electrons. The summed E-state index contributed by atoms with van der Waals surface area (Å²) in [5.41, 5.74) is 11.0. The molecule has 184 valence electrons. The Morgan fingerprint density at radius 2 is 1.91 bits per heavy atom. The van der Waals surface area contributed by atoms with E-state index in [2.05, 4.69) is 38.0 Å². The molecular formula is C28H35N5O2. The normalized spacial score (nSPS) is 15.5. The Labute approximate surface area is 207 Å². The monoisotopic (exact) mass is 473 g/mol. The van der Waals surface area contributed by atoms with E-state index in [4.69, 9.17) is 10.8 Å². The van der Waals surface area contributed by atoms with Crippen molar-refractivity contribution >= 4 is 17.4 Å². The van der Waals surface area contributed by atoms with E-state index in [9.17, 15) is 9.59 Å². The zero-order chi connectivity index (χ0) is 25.2. The summed E-state index contributed by atoms with van der Waals surface area (Å²) in [6, 6.07) is 9.69. The first-order valence-electron chi connectivity index (χ1n) is 12.5. The third-order valence-corrected chi connectivity index (χ3v) is 6.74. The Morgan fingerprint density at radius 3 is 2.57 bits per heavy atom. The quantitative estimate of drug-likeness (QED) is 0.450. The Hall–Kier alpha value is -3.48. The van der Waals surface area contributed by atoms with E-state index in [1.54, 1.807) is 18.5 Å². The molecule has 0 spiro atoms. The largest absolute Gasteiger partial charge is 0.382 e. The van der Waals surface area contributed by atoms with Crippen LogP contribution in [0.25, 0.3) is 5.69 Å². The summed E-state index contributed by atoms with van der Waals surface area (Å²) >= 11 is 0. The molecular weight excluding hydrogens is 438 g/mol.